The van der Waals surface area contributed by atoms with Crippen molar-refractivity contribution in [2.24, 2.45) is 0 Å². The monoisotopic (exact) mass is 319 g/mol. The predicted molar refractivity (Wildman–Crippen MR) is 89.7 cm³/mol. The first kappa shape index (κ1) is 16.5. The third kappa shape index (κ3) is 3.84. The summed E-state index contributed by atoms with van der Waals surface area (Å²) in [5.41, 5.74) is 2.63. The number of nitrogens with zero attached hydrogens (tertiary/aromatic N) is 2. The van der Waals surface area contributed by atoms with E-state index in [1.54, 1.807) is 0 Å². The molecule has 2 rings (SSSR count). The largest absolute Gasteiger partial charge is 0.387 e. The van der Waals surface area contributed by atoms with E-state index in [2.05, 4.69) is 10.3 Å². The topological polar surface area (TPSA) is 65.5 Å². The van der Waals surface area contributed by atoms with Gasteiger partial charge in [0.25, 0.3) is 5.91 Å². The van der Waals surface area contributed by atoms with E-state index in [9.17, 15) is 9.90 Å². The minimum absolute atomic E-state index is 0.177. The Labute approximate surface area is 134 Å². The quantitative estimate of drug-likeness (QED) is 0.887. The van der Waals surface area contributed by atoms with Crippen LogP contribution in [0.1, 0.15) is 32.6 Å². The summed E-state index contributed by atoms with van der Waals surface area (Å²) in [5, 5.41) is 13.7. The lowest BCUT2D eigenvalue weighted by molar-refractivity contribution is 0.0919. The van der Waals surface area contributed by atoms with Crippen molar-refractivity contribution in [3.05, 3.63) is 46.0 Å². The predicted octanol–water partition coefficient (Wildman–Crippen LogP) is 2.29. The SMILES string of the molecule is Cc1ccc(C(O)CNC(=O)c2sc(N(C)C)nc2C)cc1. The Bertz CT molecular complexity index is 650. The first-order valence-electron chi connectivity index (χ1n) is 7.06. The summed E-state index contributed by atoms with van der Waals surface area (Å²) in [5.74, 6) is -0.200. The lowest BCUT2D eigenvalue weighted by Gasteiger charge is -2.12. The van der Waals surface area contributed by atoms with Gasteiger partial charge in [-0.15, -0.1) is 0 Å². The van der Waals surface area contributed by atoms with Crippen LogP contribution in [-0.4, -0.2) is 36.6 Å². The molecule has 0 aliphatic heterocycles. The zero-order chi connectivity index (χ0) is 16.3. The van der Waals surface area contributed by atoms with Crippen molar-refractivity contribution in [1.82, 2.24) is 10.3 Å². The molecule has 0 radical (unpaired) electrons. The van der Waals surface area contributed by atoms with Gasteiger partial charge in [0.2, 0.25) is 0 Å². The number of aliphatic hydroxyl groups excluding tert-OH is 1. The molecular formula is C16H21N3O2S. The Morgan fingerprint density at radius 2 is 1.95 bits per heavy atom. The van der Waals surface area contributed by atoms with Crippen LogP contribution in [-0.2, 0) is 0 Å². The molecule has 0 aliphatic carbocycles. The highest BCUT2D eigenvalue weighted by atomic mass is 32.1. The van der Waals surface area contributed by atoms with E-state index in [4.69, 9.17) is 0 Å². The maximum Gasteiger partial charge on any atom is 0.263 e. The van der Waals surface area contributed by atoms with E-state index in [0.29, 0.717) is 10.6 Å². The summed E-state index contributed by atoms with van der Waals surface area (Å²) in [6, 6.07) is 7.62. The van der Waals surface area contributed by atoms with Gasteiger partial charge in [-0.25, -0.2) is 4.98 Å². The molecule has 5 nitrogen and oxygen atoms in total. The summed E-state index contributed by atoms with van der Waals surface area (Å²) in [4.78, 5) is 19.0. The van der Waals surface area contributed by atoms with Gasteiger partial charge in [-0.1, -0.05) is 41.2 Å². The molecule has 1 aromatic heterocycles. The average Bonchev–Trinajstić information content (AvgIpc) is 2.87. The molecule has 0 aliphatic rings. The third-order valence-corrected chi connectivity index (χ3v) is 4.62. The summed E-state index contributed by atoms with van der Waals surface area (Å²) in [6.45, 7) is 3.98. The smallest absolute Gasteiger partial charge is 0.263 e. The molecule has 1 heterocycles. The van der Waals surface area contributed by atoms with Crippen molar-refractivity contribution in [2.75, 3.05) is 25.5 Å². The highest BCUT2D eigenvalue weighted by Crippen LogP contribution is 2.24. The number of hydrogen-bond donors (Lipinski definition) is 2. The average molecular weight is 319 g/mol. The van der Waals surface area contributed by atoms with E-state index < -0.39 is 6.10 Å². The lowest BCUT2D eigenvalue weighted by Crippen LogP contribution is -2.28. The van der Waals surface area contributed by atoms with Gasteiger partial charge in [-0.05, 0) is 19.4 Å². The van der Waals surface area contributed by atoms with Crippen LogP contribution >= 0.6 is 11.3 Å². The number of aryl methyl sites for hydroxylation is 2. The number of anilines is 1. The first-order valence-corrected chi connectivity index (χ1v) is 7.87. The zero-order valence-corrected chi connectivity index (χ0v) is 14.1. The number of rotatable bonds is 5. The van der Waals surface area contributed by atoms with E-state index in [0.717, 1.165) is 16.3 Å². The molecule has 1 atom stereocenters. The second-order valence-corrected chi connectivity index (χ2v) is 6.42. The fraction of sp³-hybridized carbons (Fsp3) is 0.375. The number of carbonyl (C=O) groups excluding carboxylic acids is 1. The summed E-state index contributed by atoms with van der Waals surface area (Å²) in [7, 11) is 3.78. The van der Waals surface area contributed by atoms with Crippen LogP contribution in [0.2, 0.25) is 0 Å². The van der Waals surface area contributed by atoms with Crippen molar-refractivity contribution in [3.8, 4) is 0 Å². The van der Waals surface area contributed by atoms with Gasteiger partial charge in [0, 0.05) is 20.6 Å². The van der Waals surface area contributed by atoms with Gasteiger partial charge in [0.05, 0.1) is 11.8 Å². The van der Waals surface area contributed by atoms with Gasteiger partial charge in [0.15, 0.2) is 5.13 Å². The van der Waals surface area contributed by atoms with Crippen molar-refractivity contribution in [1.29, 1.82) is 0 Å². The molecule has 118 valence electrons. The normalized spacial score (nSPS) is 12.0. The number of amides is 1. The molecular weight excluding hydrogens is 298 g/mol. The highest BCUT2D eigenvalue weighted by molar-refractivity contribution is 7.17. The Morgan fingerprint density at radius 1 is 1.32 bits per heavy atom. The van der Waals surface area contributed by atoms with E-state index in [1.807, 2.05) is 57.1 Å². The molecule has 2 aromatic rings. The van der Waals surface area contributed by atoms with Gasteiger partial charge >= 0.3 is 0 Å². The maximum atomic E-state index is 12.2. The number of hydrogen-bond acceptors (Lipinski definition) is 5. The molecule has 6 heteroatoms. The standard InChI is InChI=1S/C16H21N3O2S/c1-10-5-7-12(8-6-10)13(20)9-17-15(21)14-11(2)18-16(22-14)19(3)4/h5-8,13,20H,9H2,1-4H3,(H,17,21). The van der Waals surface area contributed by atoms with Crippen molar-refractivity contribution >= 4 is 22.4 Å². The van der Waals surface area contributed by atoms with Gasteiger partial charge < -0.3 is 15.3 Å². The number of benzene rings is 1. The first-order chi connectivity index (χ1) is 10.4. The van der Waals surface area contributed by atoms with Gasteiger partial charge in [-0.3, -0.25) is 4.79 Å². The summed E-state index contributed by atoms with van der Waals surface area (Å²) >= 11 is 1.35. The van der Waals surface area contributed by atoms with Crippen molar-refractivity contribution in [3.63, 3.8) is 0 Å². The van der Waals surface area contributed by atoms with E-state index in [1.165, 1.54) is 11.3 Å². The molecule has 1 amide bonds. The van der Waals surface area contributed by atoms with Crippen molar-refractivity contribution < 1.29 is 9.90 Å². The minimum Gasteiger partial charge on any atom is -0.387 e. The van der Waals surface area contributed by atoms with Crippen LogP contribution in [0.15, 0.2) is 24.3 Å². The molecule has 0 saturated heterocycles. The van der Waals surface area contributed by atoms with Crippen molar-refractivity contribution in [2.45, 2.75) is 20.0 Å². The van der Waals surface area contributed by atoms with Crippen LogP contribution in [0, 0.1) is 13.8 Å². The van der Waals surface area contributed by atoms with Crippen LogP contribution in [0.5, 0.6) is 0 Å². The maximum absolute atomic E-state index is 12.2. The lowest BCUT2D eigenvalue weighted by atomic mass is 10.1. The molecule has 2 N–H and O–H groups in total. The van der Waals surface area contributed by atoms with Gasteiger partial charge in [0.1, 0.15) is 4.88 Å². The van der Waals surface area contributed by atoms with E-state index in [-0.39, 0.29) is 12.5 Å². The third-order valence-electron chi connectivity index (χ3n) is 3.29. The Hall–Kier alpha value is -1.92. The Kier molecular flexibility index (Phi) is 5.15. The van der Waals surface area contributed by atoms with Crippen LogP contribution in [0.25, 0.3) is 0 Å². The van der Waals surface area contributed by atoms with Crippen LogP contribution in [0.4, 0.5) is 5.13 Å². The second kappa shape index (κ2) is 6.89. The van der Waals surface area contributed by atoms with Gasteiger partial charge in [-0.2, -0.15) is 0 Å². The summed E-state index contributed by atoms with van der Waals surface area (Å²) in [6.07, 6.45) is -0.717. The number of nitrogens with one attached hydrogen (secondary N) is 1. The number of aliphatic hydroxyl groups is 1. The molecule has 0 spiro atoms. The molecule has 22 heavy (non-hydrogen) atoms. The van der Waals surface area contributed by atoms with Crippen LogP contribution in [0.3, 0.4) is 0 Å². The molecule has 0 fully saturated rings. The summed E-state index contributed by atoms with van der Waals surface area (Å²) < 4.78 is 0. The Balaban J connectivity index is 1.99. The molecule has 1 unspecified atom stereocenters. The molecule has 0 bridgehead atoms. The molecule has 0 saturated carbocycles. The number of aromatic nitrogens is 1. The second-order valence-electron chi connectivity index (χ2n) is 5.44. The fourth-order valence-corrected chi connectivity index (χ4v) is 2.87. The van der Waals surface area contributed by atoms with E-state index >= 15 is 0 Å². The fourth-order valence-electron chi connectivity index (χ4n) is 1.96. The number of carbonyl (C=O) groups is 1. The zero-order valence-electron chi connectivity index (χ0n) is 13.3. The Morgan fingerprint density at radius 3 is 2.50 bits per heavy atom. The number of thiazole rings is 1. The minimum atomic E-state index is -0.717. The highest BCUT2D eigenvalue weighted by Gasteiger charge is 2.17. The van der Waals surface area contributed by atoms with Crippen LogP contribution < -0.4 is 10.2 Å². The molecule has 1 aromatic carbocycles.